The molecule has 0 saturated carbocycles. The molecular weight excluding hydrogens is 1450 g/mol. The molecule has 566 valence electrons. The van der Waals surface area contributed by atoms with Crippen molar-refractivity contribution in [2.75, 3.05) is 36.6 Å². The maximum Gasteiger partial charge on any atom is 0.416 e. The second-order valence-electron chi connectivity index (χ2n) is 23.0. The number of carbonyl (C=O) groups is 6. The van der Waals surface area contributed by atoms with Gasteiger partial charge in [-0.05, 0) is 164 Å². The molecule has 1 fully saturated rings. The molecule has 21 nitrogen and oxygen atoms in total. The number of hydrogen-bond donors (Lipinski definition) is 7. The minimum Gasteiger partial charge on any atom is -0.478 e. The Balaban J connectivity index is 0.000000227. The van der Waals surface area contributed by atoms with Crippen LogP contribution in [0, 0.1) is 0 Å². The van der Waals surface area contributed by atoms with Gasteiger partial charge in [-0.2, -0.15) is 39.5 Å². The van der Waals surface area contributed by atoms with Crippen molar-refractivity contribution in [3.8, 4) is 17.1 Å². The first-order valence-corrected chi connectivity index (χ1v) is 31.8. The summed E-state index contributed by atoms with van der Waals surface area (Å²) in [6.45, 7) is 1.75. The van der Waals surface area contributed by atoms with E-state index in [4.69, 9.17) is 21.7 Å². The Labute approximate surface area is 618 Å². The summed E-state index contributed by atoms with van der Waals surface area (Å²) in [4.78, 5) is 84.5. The molecule has 3 aromatic heterocycles. The van der Waals surface area contributed by atoms with Gasteiger partial charge in [0, 0.05) is 54.1 Å². The standard InChI is InChI=1S/C26H21F3N4O2.C22H14F3N3O3.C14H13N3O.C8H5F3O2.C5H11NO2.2CH4.ClH/c27-26(28,29)19-7-4-6-18(15-19)24(35)31-25-30-21-14-17(16-32-13-5-10-23(32)34)11-12-22(21)33(25)20-8-2-1-3-9-20;23-22(24,25)15-6-4-5-13(11-15)19(29)27-21-26-17-12-14(20(30)31)9-10-18(17)28(21)16-7-2-1-3-8-16;15-14-16-12-8-10(9-18)6-7-13(12)17(14)11-4-2-1-3-5-11;9-8(10,11)6-3-1-2-5(4-6)7(12)13;1-8-5(7)3-2-4-6;;;/h1-4,6-9,11-12,14-15H,5,10,13,16H2,(H,30,31,35);1-12H,(H,30,31)(H,26,27,29);1-8,18H,9H2,(H2,15,16);1-4H,(H,12,13);2-4,6H2,1H3;2*1H4;1H. The van der Waals surface area contributed by atoms with Crippen LogP contribution in [0.15, 0.2) is 218 Å². The number of nitrogens with one attached hydrogen (secondary N) is 2. The number of para-hydroxylation sites is 3. The number of halogens is 10. The normalized spacial score (nSPS) is 11.7. The van der Waals surface area contributed by atoms with Gasteiger partial charge in [0.2, 0.25) is 23.8 Å². The molecule has 1 aliphatic heterocycles. The summed E-state index contributed by atoms with van der Waals surface area (Å²) >= 11 is 0. The fourth-order valence-corrected chi connectivity index (χ4v) is 10.7. The molecule has 9 aromatic carbocycles. The molecule has 1 saturated heterocycles. The Morgan fingerprint density at radius 3 is 1.31 bits per heavy atom. The van der Waals surface area contributed by atoms with Crippen molar-refractivity contribution >= 4 is 99.0 Å². The predicted molar refractivity (Wildman–Crippen MR) is 393 cm³/mol. The molecule has 0 atom stereocenters. The maximum absolute atomic E-state index is 13.1. The molecule has 0 unspecified atom stereocenters. The molecule has 108 heavy (non-hydrogen) atoms. The number of aromatic carboxylic acids is 2. The number of rotatable bonds is 15. The lowest BCUT2D eigenvalue weighted by atomic mass is 10.1. The number of nitrogens with two attached hydrogens (primary N) is 2. The summed E-state index contributed by atoms with van der Waals surface area (Å²) < 4.78 is 124. The van der Waals surface area contributed by atoms with Crippen LogP contribution in [0.1, 0.15) is 110 Å². The number of nitrogens with zero attached hydrogens (tertiary/aromatic N) is 7. The zero-order valence-corrected chi connectivity index (χ0v) is 56.6. The lowest BCUT2D eigenvalue weighted by Crippen LogP contribution is -2.23. The molecule has 0 aliphatic carbocycles. The van der Waals surface area contributed by atoms with Gasteiger partial charge in [0.25, 0.3) is 11.8 Å². The van der Waals surface area contributed by atoms with Gasteiger partial charge in [-0.15, -0.1) is 12.4 Å². The van der Waals surface area contributed by atoms with E-state index in [1.807, 2.05) is 102 Å². The Bertz CT molecular complexity index is 5100. The third-order valence-electron chi connectivity index (χ3n) is 15.7. The number of amides is 3. The molecule has 3 amide bonds. The first kappa shape index (κ1) is 84.5. The van der Waals surface area contributed by atoms with Crippen LogP contribution in [0.3, 0.4) is 0 Å². The number of esters is 1. The number of anilines is 3. The van der Waals surface area contributed by atoms with E-state index in [1.165, 1.54) is 37.4 Å². The second-order valence-corrected chi connectivity index (χ2v) is 23.0. The quantitative estimate of drug-likeness (QED) is 0.0371. The first-order chi connectivity index (χ1) is 50.0. The van der Waals surface area contributed by atoms with Crippen molar-refractivity contribution < 1.29 is 88.3 Å². The number of aliphatic hydroxyl groups is 1. The molecule has 13 rings (SSSR count). The van der Waals surface area contributed by atoms with Gasteiger partial charge in [-0.1, -0.05) is 99.8 Å². The van der Waals surface area contributed by atoms with Gasteiger partial charge in [-0.3, -0.25) is 43.5 Å². The van der Waals surface area contributed by atoms with Gasteiger partial charge < -0.3 is 36.4 Å². The Hall–Kier alpha value is -12.4. The largest absolute Gasteiger partial charge is 0.478 e. The topological polar surface area (TPSA) is 305 Å². The van der Waals surface area contributed by atoms with Gasteiger partial charge in [0.1, 0.15) is 0 Å². The molecular formula is C77H73ClF9N11O10. The highest BCUT2D eigenvalue weighted by molar-refractivity contribution is 6.06. The summed E-state index contributed by atoms with van der Waals surface area (Å²) in [6.07, 6.45) is -11.1. The number of methoxy groups -OCH3 is 1. The van der Waals surface area contributed by atoms with Crippen LogP contribution in [0.5, 0.6) is 0 Å². The van der Waals surface area contributed by atoms with Crippen LogP contribution in [0.2, 0.25) is 0 Å². The van der Waals surface area contributed by atoms with E-state index in [0.29, 0.717) is 78.7 Å². The molecule has 4 heterocycles. The second kappa shape index (κ2) is 37.5. The van der Waals surface area contributed by atoms with Crippen molar-refractivity contribution in [3.63, 3.8) is 0 Å². The van der Waals surface area contributed by atoms with E-state index in [9.17, 15) is 73.4 Å². The third kappa shape index (κ3) is 21.6. The van der Waals surface area contributed by atoms with Crippen LogP contribution in [-0.4, -0.2) is 105 Å². The van der Waals surface area contributed by atoms with Crippen molar-refractivity contribution in [2.24, 2.45) is 5.73 Å². The highest BCUT2D eigenvalue weighted by atomic mass is 35.5. The summed E-state index contributed by atoms with van der Waals surface area (Å²) in [7, 11) is 1.37. The smallest absolute Gasteiger partial charge is 0.416 e. The van der Waals surface area contributed by atoms with Crippen LogP contribution in [0.4, 0.5) is 57.4 Å². The minimum absolute atomic E-state index is 0. The van der Waals surface area contributed by atoms with E-state index >= 15 is 0 Å². The van der Waals surface area contributed by atoms with E-state index in [2.05, 4.69) is 30.3 Å². The van der Waals surface area contributed by atoms with E-state index in [0.717, 1.165) is 88.5 Å². The number of likely N-dealkylation sites (tertiary alicyclic amines) is 1. The number of fused-ring (bicyclic) bond motifs is 3. The fraction of sp³-hybridized carbons (Fsp3) is 0.182. The number of carboxylic acids is 2. The van der Waals surface area contributed by atoms with Gasteiger partial charge in [0.05, 0.1) is 74.6 Å². The van der Waals surface area contributed by atoms with Crippen molar-refractivity contribution in [2.45, 2.75) is 72.2 Å². The molecule has 0 bridgehead atoms. The Kier molecular flexibility index (Phi) is 29.4. The average Bonchev–Trinajstić information content (AvgIpc) is 1.63. The third-order valence-corrected chi connectivity index (χ3v) is 15.7. The molecule has 12 aromatic rings. The highest BCUT2D eigenvalue weighted by Gasteiger charge is 2.34. The molecule has 31 heteroatoms. The maximum atomic E-state index is 13.1. The summed E-state index contributed by atoms with van der Waals surface area (Å²) in [5, 5.41) is 32.0. The number of carbonyl (C=O) groups excluding carboxylic acids is 4. The number of imidazole rings is 3. The van der Waals surface area contributed by atoms with E-state index < -0.39 is 59.0 Å². The van der Waals surface area contributed by atoms with Crippen molar-refractivity contribution in [3.05, 3.63) is 268 Å². The summed E-state index contributed by atoms with van der Waals surface area (Å²) in [6, 6.07) is 55.4. The molecule has 0 spiro atoms. The number of aromatic nitrogens is 6. The Morgan fingerprint density at radius 2 is 0.889 bits per heavy atom. The zero-order chi connectivity index (χ0) is 75.8. The SMILES string of the molecule is C.C.COC(=O)CCCN.Cl.Nc1nc2cc(CO)ccc2n1-c1ccccc1.O=C(Nc1nc2cc(CN3CCCC3=O)ccc2n1-c1ccccc1)c1cccc(C(F)(F)F)c1.O=C(O)c1ccc2c(c1)nc(NC(=O)c1cccc(C(F)(F)F)c1)n2-c1ccccc1.O=C(O)c1cccc(C(F)(F)F)c1. The fourth-order valence-electron chi connectivity index (χ4n) is 10.7. The minimum atomic E-state index is -4.58. The van der Waals surface area contributed by atoms with Gasteiger partial charge in [-0.25, -0.2) is 24.5 Å². The van der Waals surface area contributed by atoms with Crippen LogP contribution in [0.25, 0.3) is 50.2 Å². The number of nitrogen functional groups attached to an aromatic ring is 1. The van der Waals surface area contributed by atoms with Crippen LogP contribution in [-0.2, 0) is 46.0 Å². The van der Waals surface area contributed by atoms with Crippen molar-refractivity contribution in [1.82, 2.24) is 33.6 Å². The van der Waals surface area contributed by atoms with Gasteiger partial charge >= 0.3 is 36.4 Å². The highest BCUT2D eigenvalue weighted by Crippen LogP contribution is 2.34. The number of benzene rings is 9. The molecule has 9 N–H and O–H groups in total. The number of aliphatic hydroxyl groups excluding tert-OH is 1. The van der Waals surface area contributed by atoms with E-state index in [1.54, 1.807) is 50.4 Å². The van der Waals surface area contributed by atoms with Gasteiger partial charge in [0.15, 0.2) is 0 Å². The molecule has 1 aliphatic rings. The number of carboxylic acid groups (broad SMARTS) is 2. The summed E-state index contributed by atoms with van der Waals surface area (Å²) in [5.74, 6) is -3.37. The zero-order valence-electron chi connectivity index (χ0n) is 55.7. The monoisotopic (exact) mass is 1520 g/mol. The average molecular weight is 1520 g/mol. The molecule has 0 radical (unpaired) electrons. The summed E-state index contributed by atoms with van der Waals surface area (Å²) in [5.41, 5.74) is 15.6. The lowest BCUT2D eigenvalue weighted by Gasteiger charge is -2.15. The van der Waals surface area contributed by atoms with E-state index in [-0.39, 0.29) is 79.9 Å². The van der Waals surface area contributed by atoms with Crippen LogP contribution >= 0.6 is 12.4 Å². The van der Waals surface area contributed by atoms with Crippen LogP contribution < -0.4 is 22.1 Å². The number of alkyl halides is 9. The predicted octanol–water partition coefficient (Wildman–Crippen LogP) is 16.5. The first-order valence-electron chi connectivity index (χ1n) is 31.8. The lowest BCUT2D eigenvalue weighted by molar-refractivity contribution is -0.141. The Morgan fingerprint density at radius 1 is 0.500 bits per heavy atom. The number of ether oxygens (including phenoxy) is 1. The van der Waals surface area contributed by atoms with Crippen molar-refractivity contribution in [1.29, 1.82) is 0 Å². The number of hydrogen-bond acceptors (Lipinski definition) is 13.